The second kappa shape index (κ2) is 9.39. The molecule has 0 rings (SSSR count). The molecule has 0 saturated heterocycles. The fraction of sp³-hybridized carbons (Fsp3) is 1.00. The Labute approximate surface area is 87.0 Å². The van der Waals surface area contributed by atoms with Crippen LogP contribution in [0.25, 0.3) is 0 Å². The van der Waals surface area contributed by atoms with E-state index in [0.29, 0.717) is 0 Å². The molecule has 0 aliphatic carbocycles. The van der Waals surface area contributed by atoms with Crippen LogP contribution in [0.4, 0.5) is 0 Å². The number of rotatable bonds is 5. The van der Waals surface area contributed by atoms with Gasteiger partial charge in [0.25, 0.3) is 0 Å². The topological polar surface area (TPSA) is 66.8 Å². The third kappa shape index (κ3) is 14.4. The van der Waals surface area contributed by atoms with Crippen LogP contribution in [0.2, 0.25) is 0 Å². The van der Waals surface area contributed by atoms with Gasteiger partial charge in [0.2, 0.25) is 0 Å². The fourth-order valence-corrected chi connectivity index (χ4v) is 1.12. The lowest BCUT2D eigenvalue weighted by atomic mass is 10.5. The molecule has 0 saturated carbocycles. The Morgan fingerprint density at radius 3 is 1.43 bits per heavy atom. The van der Waals surface area contributed by atoms with Crippen molar-refractivity contribution in [2.24, 2.45) is 0 Å². The van der Waals surface area contributed by atoms with Crippen LogP contribution < -0.4 is 0 Å². The molecule has 0 aromatic heterocycles. The number of hydrogen-bond acceptors (Lipinski definition) is 4. The summed E-state index contributed by atoms with van der Waals surface area (Å²) in [5.74, 6) is 0. The Balaban J connectivity index is 0. The molecule has 0 radical (unpaired) electrons. The summed E-state index contributed by atoms with van der Waals surface area (Å²) >= 11 is 0. The van der Waals surface area contributed by atoms with Gasteiger partial charge in [-0.1, -0.05) is 20.8 Å². The van der Waals surface area contributed by atoms with Gasteiger partial charge in [-0.25, -0.2) is 4.18 Å². The smallest absolute Gasteiger partial charge is 0.304 e. The first-order valence-corrected chi connectivity index (χ1v) is 6.11. The SMILES string of the molecule is CCN(CC)CC.CCOS(=O)(=O)O. The van der Waals surface area contributed by atoms with Gasteiger partial charge in [0.15, 0.2) is 0 Å². The van der Waals surface area contributed by atoms with Gasteiger partial charge in [-0.2, -0.15) is 8.42 Å². The lowest BCUT2D eigenvalue weighted by Crippen LogP contribution is -2.21. The summed E-state index contributed by atoms with van der Waals surface area (Å²) in [6.45, 7) is 11.6. The molecule has 6 heteroatoms. The average molecular weight is 227 g/mol. The third-order valence-electron chi connectivity index (χ3n) is 1.61. The molecular weight excluding hydrogens is 206 g/mol. The highest BCUT2D eigenvalue weighted by molar-refractivity contribution is 7.80. The van der Waals surface area contributed by atoms with Gasteiger partial charge in [-0.3, -0.25) is 4.55 Å². The van der Waals surface area contributed by atoms with Crippen LogP contribution in [0.1, 0.15) is 27.7 Å². The van der Waals surface area contributed by atoms with Gasteiger partial charge in [0.05, 0.1) is 6.61 Å². The van der Waals surface area contributed by atoms with Crippen LogP contribution in [-0.2, 0) is 14.6 Å². The van der Waals surface area contributed by atoms with Crippen molar-refractivity contribution in [3.63, 3.8) is 0 Å². The van der Waals surface area contributed by atoms with Crippen molar-refractivity contribution >= 4 is 10.4 Å². The minimum atomic E-state index is -4.17. The summed E-state index contributed by atoms with van der Waals surface area (Å²) in [5.41, 5.74) is 0. The van der Waals surface area contributed by atoms with Crippen molar-refractivity contribution in [3.05, 3.63) is 0 Å². The van der Waals surface area contributed by atoms with Crippen molar-refractivity contribution in [2.45, 2.75) is 27.7 Å². The standard InChI is InChI=1S/C6H15N.C2H6O4S/c1-4-7(5-2)6-3;1-2-6-7(3,4)5/h4-6H2,1-3H3;2H2,1H3,(H,3,4,5). The van der Waals surface area contributed by atoms with E-state index < -0.39 is 10.4 Å². The molecule has 0 atom stereocenters. The average Bonchev–Trinajstić information content (AvgIpc) is 2.06. The van der Waals surface area contributed by atoms with Gasteiger partial charge in [-0.05, 0) is 26.6 Å². The first-order chi connectivity index (χ1) is 6.41. The second-order valence-electron chi connectivity index (χ2n) is 2.45. The number of nitrogens with zero attached hydrogens (tertiary/aromatic N) is 1. The Morgan fingerprint density at radius 1 is 1.07 bits per heavy atom. The van der Waals surface area contributed by atoms with Crippen LogP contribution in [-0.4, -0.2) is 44.1 Å². The molecule has 0 amide bonds. The highest BCUT2D eigenvalue weighted by Gasteiger charge is 1.98. The molecule has 0 aromatic carbocycles. The maximum Gasteiger partial charge on any atom is 0.397 e. The summed E-state index contributed by atoms with van der Waals surface area (Å²) < 4.78 is 30.7. The predicted molar refractivity (Wildman–Crippen MR) is 56.6 cm³/mol. The van der Waals surface area contributed by atoms with Crippen LogP contribution >= 0.6 is 0 Å². The molecule has 14 heavy (non-hydrogen) atoms. The van der Waals surface area contributed by atoms with Crippen LogP contribution in [0.5, 0.6) is 0 Å². The first kappa shape index (κ1) is 16.3. The van der Waals surface area contributed by atoms with Crippen molar-refractivity contribution in [1.82, 2.24) is 4.90 Å². The summed E-state index contributed by atoms with van der Waals surface area (Å²) in [6, 6.07) is 0. The van der Waals surface area contributed by atoms with Gasteiger partial charge in [0, 0.05) is 0 Å². The highest BCUT2D eigenvalue weighted by atomic mass is 32.3. The van der Waals surface area contributed by atoms with E-state index in [-0.39, 0.29) is 6.61 Å². The van der Waals surface area contributed by atoms with Crippen LogP contribution in [0, 0.1) is 0 Å². The molecule has 0 fully saturated rings. The Morgan fingerprint density at radius 2 is 1.43 bits per heavy atom. The summed E-state index contributed by atoms with van der Waals surface area (Å²) in [7, 11) is -4.17. The normalized spacial score (nSPS) is 11.0. The van der Waals surface area contributed by atoms with E-state index in [1.165, 1.54) is 26.6 Å². The van der Waals surface area contributed by atoms with Crippen molar-refractivity contribution in [3.8, 4) is 0 Å². The third-order valence-corrected chi connectivity index (χ3v) is 2.14. The first-order valence-electron chi connectivity index (χ1n) is 4.75. The Hall–Kier alpha value is -0.170. The summed E-state index contributed by atoms with van der Waals surface area (Å²) in [4.78, 5) is 2.38. The van der Waals surface area contributed by atoms with Crippen molar-refractivity contribution < 1.29 is 17.2 Å². The Bertz CT molecular complexity index is 194. The molecule has 1 N–H and O–H groups in total. The molecule has 5 nitrogen and oxygen atoms in total. The minimum Gasteiger partial charge on any atom is -0.304 e. The van der Waals surface area contributed by atoms with Crippen LogP contribution in [0.3, 0.4) is 0 Å². The largest absolute Gasteiger partial charge is 0.397 e. The molecule has 0 spiro atoms. The zero-order valence-electron chi connectivity index (χ0n) is 9.36. The molecule has 0 aromatic rings. The van der Waals surface area contributed by atoms with Gasteiger partial charge in [-0.15, -0.1) is 0 Å². The Kier molecular flexibility index (Phi) is 10.9. The lowest BCUT2D eigenvalue weighted by Gasteiger charge is -2.13. The fourth-order valence-electron chi connectivity index (χ4n) is 0.820. The highest BCUT2D eigenvalue weighted by Crippen LogP contribution is 1.82. The van der Waals surface area contributed by atoms with E-state index in [1.54, 1.807) is 0 Å². The van der Waals surface area contributed by atoms with E-state index in [0.717, 1.165) is 0 Å². The molecule has 0 bridgehead atoms. The van der Waals surface area contributed by atoms with Crippen molar-refractivity contribution in [1.29, 1.82) is 0 Å². The van der Waals surface area contributed by atoms with Crippen molar-refractivity contribution in [2.75, 3.05) is 26.2 Å². The quantitative estimate of drug-likeness (QED) is 0.714. The second-order valence-corrected chi connectivity index (χ2v) is 3.54. The van der Waals surface area contributed by atoms with Gasteiger partial charge >= 0.3 is 10.4 Å². The molecular formula is C8H21NO4S. The monoisotopic (exact) mass is 227 g/mol. The van der Waals surface area contributed by atoms with Gasteiger partial charge in [0.1, 0.15) is 0 Å². The number of hydrogen-bond donors (Lipinski definition) is 1. The molecule has 88 valence electrons. The van der Waals surface area contributed by atoms with Crippen LogP contribution in [0.15, 0.2) is 0 Å². The predicted octanol–water partition coefficient (Wildman–Crippen LogP) is 1.17. The maximum atomic E-state index is 9.56. The van der Waals surface area contributed by atoms with E-state index in [9.17, 15) is 8.42 Å². The molecule has 0 heterocycles. The van der Waals surface area contributed by atoms with E-state index >= 15 is 0 Å². The van der Waals surface area contributed by atoms with E-state index in [2.05, 4.69) is 29.9 Å². The molecule has 0 aliphatic rings. The zero-order chi connectivity index (χ0) is 11.6. The van der Waals surface area contributed by atoms with E-state index in [1.807, 2.05) is 0 Å². The van der Waals surface area contributed by atoms with E-state index in [4.69, 9.17) is 4.55 Å². The minimum absolute atomic E-state index is 0.0289. The molecule has 0 unspecified atom stereocenters. The maximum absolute atomic E-state index is 9.56. The molecule has 0 aliphatic heterocycles. The summed E-state index contributed by atoms with van der Waals surface area (Å²) in [5, 5.41) is 0. The van der Waals surface area contributed by atoms with Gasteiger partial charge < -0.3 is 4.90 Å². The zero-order valence-corrected chi connectivity index (χ0v) is 10.2. The lowest BCUT2D eigenvalue weighted by molar-refractivity contribution is 0.283. The summed E-state index contributed by atoms with van der Waals surface area (Å²) in [6.07, 6.45) is 0.